The van der Waals surface area contributed by atoms with Crippen molar-refractivity contribution >= 4 is 22.9 Å². The molecule has 1 amide bonds. The number of nitrogens with one attached hydrogen (secondary N) is 2. The minimum atomic E-state index is -0.186. The molecule has 2 aromatic rings. The Morgan fingerprint density at radius 1 is 0.964 bits per heavy atom. The van der Waals surface area contributed by atoms with Gasteiger partial charge < -0.3 is 19.6 Å². The SMILES string of the molecule is O=C(C[NH+]1CC[NH+](Cc2cccs2)CC1)N1CCN(c2ccccc2F)CC1. The number of carbonyl (C=O) groups is 1. The molecule has 3 heterocycles. The molecule has 0 unspecified atom stereocenters. The lowest BCUT2D eigenvalue weighted by molar-refractivity contribution is -1.02. The lowest BCUT2D eigenvalue weighted by atomic mass is 10.2. The van der Waals surface area contributed by atoms with E-state index < -0.39 is 0 Å². The lowest BCUT2D eigenvalue weighted by Gasteiger charge is -2.37. The molecular formula is C21H29FN4OS+2. The van der Waals surface area contributed by atoms with Crippen LogP contribution in [0.3, 0.4) is 0 Å². The van der Waals surface area contributed by atoms with Crippen molar-refractivity contribution in [1.82, 2.24) is 4.90 Å². The van der Waals surface area contributed by atoms with Gasteiger partial charge in [-0.05, 0) is 23.6 Å². The van der Waals surface area contributed by atoms with E-state index in [1.165, 1.54) is 15.8 Å². The van der Waals surface area contributed by atoms with Crippen molar-refractivity contribution in [3.05, 3.63) is 52.5 Å². The molecule has 7 heteroatoms. The zero-order valence-electron chi connectivity index (χ0n) is 16.2. The van der Waals surface area contributed by atoms with Gasteiger partial charge in [-0.3, -0.25) is 4.79 Å². The number of hydrogen-bond donors (Lipinski definition) is 2. The Labute approximate surface area is 169 Å². The van der Waals surface area contributed by atoms with Gasteiger partial charge in [-0.25, -0.2) is 4.39 Å². The summed E-state index contributed by atoms with van der Waals surface area (Å²) in [6, 6.07) is 11.2. The second kappa shape index (κ2) is 9.03. The average molecular weight is 405 g/mol. The lowest BCUT2D eigenvalue weighted by Crippen LogP contribution is -3.28. The highest BCUT2D eigenvalue weighted by molar-refractivity contribution is 7.09. The Bertz CT molecular complexity index is 768. The number of anilines is 1. The number of piperazine rings is 2. The third-order valence-corrected chi connectivity index (χ3v) is 6.77. The number of carbonyl (C=O) groups excluding carboxylic acids is 1. The van der Waals surface area contributed by atoms with Gasteiger partial charge in [-0.15, -0.1) is 11.3 Å². The number of nitrogens with zero attached hydrogens (tertiary/aromatic N) is 2. The van der Waals surface area contributed by atoms with E-state index in [-0.39, 0.29) is 11.7 Å². The van der Waals surface area contributed by atoms with Crippen molar-refractivity contribution in [2.45, 2.75) is 6.54 Å². The predicted molar refractivity (Wildman–Crippen MR) is 109 cm³/mol. The van der Waals surface area contributed by atoms with Crippen molar-refractivity contribution in [2.24, 2.45) is 0 Å². The summed E-state index contributed by atoms with van der Waals surface area (Å²) in [4.78, 5) is 21.2. The van der Waals surface area contributed by atoms with Crippen molar-refractivity contribution in [3.63, 3.8) is 0 Å². The van der Waals surface area contributed by atoms with E-state index >= 15 is 0 Å². The Balaban J connectivity index is 1.20. The number of quaternary nitrogens is 2. The Morgan fingerprint density at radius 3 is 2.36 bits per heavy atom. The zero-order valence-corrected chi connectivity index (χ0v) is 17.0. The summed E-state index contributed by atoms with van der Waals surface area (Å²) >= 11 is 1.83. The van der Waals surface area contributed by atoms with Crippen LogP contribution in [0.1, 0.15) is 4.88 Å². The highest BCUT2D eigenvalue weighted by Crippen LogP contribution is 2.20. The Kier molecular flexibility index (Phi) is 6.24. The zero-order chi connectivity index (χ0) is 19.3. The molecule has 2 saturated heterocycles. The molecule has 1 aromatic heterocycles. The number of hydrogen-bond acceptors (Lipinski definition) is 3. The van der Waals surface area contributed by atoms with Crippen LogP contribution in [0.5, 0.6) is 0 Å². The molecule has 0 saturated carbocycles. The van der Waals surface area contributed by atoms with E-state index in [1.54, 1.807) is 11.0 Å². The minimum Gasteiger partial charge on any atom is -0.366 e. The predicted octanol–water partition coefficient (Wildman–Crippen LogP) is -0.481. The van der Waals surface area contributed by atoms with Crippen molar-refractivity contribution in [3.8, 4) is 0 Å². The van der Waals surface area contributed by atoms with Crippen LogP contribution in [0, 0.1) is 5.82 Å². The van der Waals surface area contributed by atoms with Crippen LogP contribution in [-0.4, -0.2) is 69.7 Å². The summed E-state index contributed by atoms with van der Waals surface area (Å²) in [6.45, 7) is 8.81. The fourth-order valence-corrected chi connectivity index (χ4v) is 4.98. The van der Waals surface area contributed by atoms with E-state index in [2.05, 4.69) is 17.5 Å². The van der Waals surface area contributed by atoms with Crippen molar-refractivity contribution in [1.29, 1.82) is 0 Å². The van der Waals surface area contributed by atoms with Crippen LogP contribution in [0.2, 0.25) is 0 Å². The van der Waals surface area contributed by atoms with Crippen LogP contribution in [-0.2, 0) is 11.3 Å². The van der Waals surface area contributed by atoms with Crippen LogP contribution < -0.4 is 14.7 Å². The first-order valence-electron chi connectivity index (χ1n) is 10.2. The van der Waals surface area contributed by atoms with Gasteiger partial charge in [0.05, 0.1) is 10.6 Å². The van der Waals surface area contributed by atoms with Gasteiger partial charge in [-0.1, -0.05) is 18.2 Å². The molecule has 0 radical (unpaired) electrons. The maximum atomic E-state index is 14.0. The second-order valence-corrected chi connectivity index (χ2v) is 8.78. The average Bonchev–Trinajstić information content (AvgIpc) is 3.23. The summed E-state index contributed by atoms with van der Waals surface area (Å²) in [7, 11) is 0. The molecule has 5 nitrogen and oxygen atoms in total. The van der Waals surface area contributed by atoms with Crippen molar-refractivity contribution in [2.75, 3.05) is 63.8 Å². The summed E-state index contributed by atoms with van der Waals surface area (Å²) in [5.41, 5.74) is 0.644. The monoisotopic (exact) mass is 404 g/mol. The molecule has 28 heavy (non-hydrogen) atoms. The maximum Gasteiger partial charge on any atom is 0.277 e. The maximum absolute atomic E-state index is 14.0. The summed E-state index contributed by atoms with van der Waals surface area (Å²) in [5, 5.41) is 2.14. The van der Waals surface area contributed by atoms with Crippen LogP contribution >= 0.6 is 11.3 Å². The summed E-state index contributed by atoms with van der Waals surface area (Å²) in [5.74, 6) is 0.0551. The fraction of sp³-hybridized carbons (Fsp3) is 0.476. The van der Waals surface area contributed by atoms with Gasteiger partial charge in [0.25, 0.3) is 5.91 Å². The third-order valence-electron chi connectivity index (χ3n) is 5.90. The van der Waals surface area contributed by atoms with Crippen molar-refractivity contribution < 1.29 is 19.0 Å². The molecule has 1 aromatic carbocycles. The summed E-state index contributed by atoms with van der Waals surface area (Å²) in [6.07, 6.45) is 0. The molecule has 2 N–H and O–H groups in total. The smallest absolute Gasteiger partial charge is 0.277 e. The van der Waals surface area contributed by atoms with Gasteiger partial charge in [0.15, 0.2) is 6.54 Å². The Hall–Kier alpha value is -1.96. The van der Waals surface area contributed by atoms with Gasteiger partial charge in [0.2, 0.25) is 0 Å². The van der Waals surface area contributed by atoms with E-state index in [1.807, 2.05) is 33.3 Å². The van der Waals surface area contributed by atoms with Gasteiger partial charge in [-0.2, -0.15) is 0 Å². The standard InChI is InChI=1S/C21H27FN4OS/c22-19-5-1-2-6-20(19)25-11-13-26(14-12-25)21(27)17-24-9-7-23(8-10-24)16-18-4-3-15-28-18/h1-6,15H,7-14,16-17H2/p+2. The van der Waals surface area contributed by atoms with E-state index in [4.69, 9.17) is 0 Å². The van der Waals surface area contributed by atoms with E-state index in [0.717, 1.165) is 32.7 Å². The van der Waals surface area contributed by atoms with Crippen LogP contribution in [0.15, 0.2) is 41.8 Å². The molecule has 2 aliphatic rings. The number of benzene rings is 1. The van der Waals surface area contributed by atoms with E-state index in [9.17, 15) is 9.18 Å². The topological polar surface area (TPSA) is 32.4 Å². The molecule has 0 aliphatic carbocycles. The van der Waals surface area contributed by atoms with Gasteiger partial charge in [0.1, 0.15) is 38.5 Å². The van der Waals surface area contributed by atoms with Gasteiger partial charge >= 0.3 is 0 Å². The third kappa shape index (κ3) is 4.71. The van der Waals surface area contributed by atoms with Crippen LogP contribution in [0.4, 0.5) is 10.1 Å². The summed E-state index contributed by atoms with van der Waals surface area (Å²) < 4.78 is 14.0. The molecule has 2 aliphatic heterocycles. The van der Waals surface area contributed by atoms with Crippen LogP contribution in [0.25, 0.3) is 0 Å². The first-order chi connectivity index (χ1) is 13.7. The molecule has 0 atom stereocenters. The number of rotatable bonds is 5. The molecule has 0 bridgehead atoms. The highest BCUT2D eigenvalue weighted by atomic mass is 32.1. The van der Waals surface area contributed by atoms with E-state index in [0.29, 0.717) is 38.4 Å². The quantitative estimate of drug-likeness (QED) is 0.706. The molecule has 0 spiro atoms. The number of thiophene rings is 1. The fourth-order valence-electron chi connectivity index (χ4n) is 4.20. The Morgan fingerprint density at radius 2 is 1.68 bits per heavy atom. The molecular weight excluding hydrogens is 375 g/mol. The minimum absolute atomic E-state index is 0.186. The van der Waals surface area contributed by atoms with Gasteiger partial charge in [0, 0.05) is 26.2 Å². The first kappa shape index (κ1) is 19.4. The second-order valence-electron chi connectivity index (χ2n) is 7.75. The number of halogens is 1. The highest BCUT2D eigenvalue weighted by Gasteiger charge is 2.29. The largest absolute Gasteiger partial charge is 0.366 e. The molecule has 4 rings (SSSR count). The molecule has 150 valence electrons. The normalized spacial score (nSPS) is 23.0. The molecule has 2 fully saturated rings. The first-order valence-corrected chi connectivity index (χ1v) is 11.0. The number of amides is 1. The number of para-hydroxylation sites is 1.